The Bertz CT molecular complexity index is 645. The van der Waals surface area contributed by atoms with Crippen LogP contribution in [0.3, 0.4) is 0 Å². The maximum absolute atomic E-state index is 5.98. The molecular formula is C20H31IN4O2. The summed E-state index contributed by atoms with van der Waals surface area (Å²) in [5.41, 5.74) is 0. The van der Waals surface area contributed by atoms with Gasteiger partial charge in [0, 0.05) is 45.3 Å². The Morgan fingerprint density at radius 2 is 2.04 bits per heavy atom. The molecule has 1 saturated heterocycles. The molecule has 1 aromatic carbocycles. The molecule has 27 heavy (non-hydrogen) atoms. The zero-order valence-electron chi connectivity index (χ0n) is 16.4. The fourth-order valence-electron chi connectivity index (χ4n) is 3.54. The maximum atomic E-state index is 5.98. The first-order chi connectivity index (χ1) is 12.7. The van der Waals surface area contributed by atoms with E-state index < -0.39 is 0 Å². The van der Waals surface area contributed by atoms with E-state index in [-0.39, 0.29) is 30.1 Å². The summed E-state index contributed by atoms with van der Waals surface area (Å²) in [5.74, 6) is 2.58. The molecule has 2 unspecified atom stereocenters. The number of methoxy groups -OCH3 is 1. The molecule has 0 radical (unpaired) electrons. The molecule has 0 aliphatic carbocycles. The molecule has 0 aromatic heterocycles. The normalized spacial score (nSPS) is 21.1. The zero-order chi connectivity index (χ0) is 18.4. The first-order valence-corrected chi connectivity index (χ1v) is 9.35. The molecule has 0 saturated carbocycles. The summed E-state index contributed by atoms with van der Waals surface area (Å²) in [6, 6.07) is 8.32. The number of aliphatic imine (C=N–C) groups is 1. The molecule has 1 aromatic rings. The van der Waals surface area contributed by atoms with Crippen LogP contribution in [-0.2, 0) is 0 Å². The summed E-state index contributed by atoms with van der Waals surface area (Å²) in [7, 11) is 3.51. The predicted molar refractivity (Wildman–Crippen MR) is 121 cm³/mol. The van der Waals surface area contributed by atoms with Crippen molar-refractivity contribution in [3.05, 3.63) is 36.4 Å². The van der Waals surface area contributed by atoms with E-state index in [0.717, 1.165) is 43.6 Å². The minimum atomic E-state index is 0. The van der Waals surface area contributed by atoms with Gasteiger partial charge in [0.2, 0.25) is 0 Å². The van der Waals surface area contributed by atoms with Crippen LogP contribution >= 0.6 is 24.0 Å². The summed E-state index contributed by atoms with van der Waals surface area (Å²) in [5, 5.41) is 3.46. The second-order valence-corrected chi connectivity index (χ2v) is 6.85. The van der Waals surface area contributed by atoms with Crippen LogP contribution in [0.1, 0.15) is 13.3 Å². The highest BCUT2D eigenvalue weighted by molar-refractivity contribution is 14.0. The number of benzene rings is 1. The van der Waals surface area contributed by atoms with E-state index in [1.165, 1.54) is 6.42 Å². The van der Waals surface area contributed by atoms with Crippen molar-refractivity contribution in [2.45, 2.75) is 25.5 Å². The van der Waals surface area contributed by atoms with Gasteiger partial charge in [0.25, 0.3) is 0 Å². The molecule has 150 valence electrons. The summed E-state index contributed by atoms with van der Waals surface area (Å²) >= 11 is 0. The van der Waals surface area contributed by atoms with Crippen molar-refractivity contribution in [3.63, 3.8) is 0 Å². The number of hydrogen-bond donors (Lipinski definition) is 1. The average molecular weight is 486 g/mol. The second-order valence-electron chi connectivity index (χ2n) is 6.85. The van der Waals surface area contributed by atoms with Crippen LogP contribution in [0.5, 0.6) is 11.5 Å². The maximum Gasteiger partial charge on any atom is 0.193 e. The summed E-state index contributed by atoms with van der Waals surface area (Å²) in [6.45, 7) is 7.00. The molecule has 7 heteroatoms. The van der Waals surface area contributed by atoms with Crippen LogP contribution in [0, 0.1) is 0 Å². The number of rotatable bonds is 6. The SMILES string of the molecule is CN=C(NCC(C)Oc1cccc(OC)c1)N1CCC(N2CC=CC2)C1.I. The number of likely N-dealkylation sites (tertiary alicyclic amines) is 1. The lowest BCUT2D eigenvalue weighted by Gasteiger charge is -2.26. The molecule has 0 bridgehead atoms. The van der Waals surface area contributed by atoms with Gasteiger partial charge in [0.15, 0.2) is 5.96 Å². The molecule has 2 aliphatic rings. The first-order valence-electron chi connectivity index (χ1n) is 9.35. The van der Waals surface area contributed by atoms with E-state index in [2.05, 4.69) is 39.2 Å². The van der Waals surface area contributed by atoms with Crippen LogP contribution in [0.4, 0.5) is 0 Å². The minimum absolute atomic E-state index is 0. The molecule has 1 fully saturated rings. The number of nitrogens with one attached hydrogen (secondary N) is 1. The Morgan fingerprint density at radius 1 is 1.30 bits per heavy atom. The quantitative estimate of drug-likeness (QED) is 0.290. The Kier molecular flexibility index (Phi) is 8.69. The van der Waals surface area contributed by atoms with Crippen molar-refractivity contribution >= 4 is 29.9 Å². The molecule has 3 rings (SSSR count). The van der Waals surface area contributed by atoms with Crippen LogP contribution in [0.25, 0.3) is 0 Å². The molecule has 1 N–H and O–H groups in total. The Labute approximate surface area is 179 Å². The van der Waals surface area contributed by atoms with Gasteiger partial charge in [-0.15, -0.1) is 24.0 Å². The fraction of sp³-hybridized carbons (Fsp3) is 0.550. The van der Waals surface area contributed by atoms with Gasteiger partial charge in [-0.25, -0.2) is 0 Å². The highest BCUT2D eigenvalue weighted by Gasteiger charge is 2.29. The summed E-state index contributed by atoms with van der Waals surface area (Å²) in [6.07, 6.45) is 5.74. The van der Waals surface area contributed by atoms with Crippen molar-refractivity contribution in [1.29, 1.82) is 0 Å². The van der Waals surface area contributed by atoms with Crippen LogP contribution < -0.4 is 14.8 Å². The zero-order valence-corrected chi connectivity index (χ0v) is 18.8. The van der Waals surface area contributed by atoms with Crippen molar-refractivity contribution < 1.29 is 9.47 Å². The van der Waals surface area contributed by atoms with E-state index in [4.69, 9.17) is 9.47 Å². The Hall–Kier alpha value is -1.48. The molecule has 0 amide bonds. The van der Waals surface area contributed by atoms with E-state index in [0.29, 0.717) is 12.6 Å². The Morgan fingerprint density at radius 3 is 2.74 bits per heavy atom. The van der Waals surface area contributed by atoms with Crippen molar-refractivity contribution in [1.82, 2.24) is 15.1 Å². The van der Waals surface area contributed by atoms with Gasteiger partial charge in [-0.1, -0.05) is 18.2 Å². The average Bonchev–Trinajstić information content (AvgIpc) is 3.34. The van der Waals surface area contributed by atoms with Gasteiger partial charge in [0.1, 0.15) is 17.6 Å². The lowest BCUT2D eigenvalue weighted by Crippen LogP contribution is -2.45. The first kappa shape index (κ1) is 21.8. The largest absolute Gasteiger partial charge is 0.497 e. The third-order valence-electron chi connectivity index (χ3n) is 4.96. The fourth-order valence-corrected chi connectivity index (χ4v) is 3.54. The lowest BCUT2D eigenvalue weighted by molar-refractivity contribution is 0.221. The van der Waals surface area contributed by atoms with Gasteiger partial charge in [-0.2, -0.15) is 0 Å². The van der Waals surface area contributed by atoms with Gasteiger partial charge in [-0.05, 0) is 25.5 Å². The third kappa shape index (κ3) is 6.00. The van der Waals surface area contributed by atoms with Crippen LogP contribution in [0.2, 0.25) is 0 Å². The Balaban J connectivity index is 0.00000261. The highest BCUT2D eigenvalue weighted by atomic mass is 127. The molecule has 6 nitrogen and oxygen atoms in total. The molecular weight excluding hydrogens is 455 g/mol. The molecule has 2 atom stereocenters. The van der Waals surface area contributed by atoms with Crippen LogP contribution in [0.15, 0.2) is 41.4 Å². The molecule has 2 heterocycles. The van der Waals surface area contributed by atoms with Gasteiger partial charge in [-0.3, -0.25) is 9.89 Å². The summed E-state index contributed by atoms with van der Waals surface area (Å²) < 4.78 is 11.2. The standard InChI is InChI=1S/C20H30N4O2.HI/c1-16(26-19-8-6-7-18(13-19)25-3)14-22-20(21-2)24-12-9-17(15-24)23-10-4-5-11-23;/h4-8,13,16-17H,9-12,14-15H2,1-3H3,(H,21,22);1H. The van der Waals surface area contributed by atoms with E-state index in [1.54, 1.807) is 7.11 Å². The van der Waals surface area contributed by atoms with Gasteiger partial charge in [0.05, 0.1) is 13.7 Å². The lowest BCUT2D eigenvalue weighted by atomic mass is 10.2. The summed E-state index contributed by atoms with van der Waals surface area (Å²) in [4.78, 5) is 9.34. The monoisotopic (exact) mass is 486 g/mol. The number of nitrogens with zero attached hydrogens (tertiary/aromatic N) is 3. The molecule has 0 spiro atoms. The third-order valence-corrected chi connectivity index (χ3v) is 4.96. The number of ether oxygens (including phenoxy) is 2. The van der Waals surface area contributed by atoms with Gasteiger partial charge < -0.3 is 19.7 Å². The smallest absolute Gasteiger partial charge is 0.193 e. The van der Waals surface area contributed by atoms with Crippen molar-refractivity contribution in [2.75, 3.05) is 46.9 Å². The van der Waals surface area contributed by atoms with E-state index in [1.807, 2.05) is 31.3 Å². The van der Waals surface area contributed by atoms with Crippen LogP contribution in [-0.4, -0.2) is 74.8 Å². The van der Waals surface area contributed by atoms with Gasteiger partial charge >= 0.3 is 0 Å². The number of halogens is 1. The predicted octanol–water partition coefficient (Wildman–Crippen LogP) is 2.60. The number of hydrogen-bond acceptors (Lipinski definition) is 4. The van der Waals surface area contributed by atoms with Crippen molar-refractivity contribution in [3.8, 4) is 11.5 Å². The van der Waals surface area contributed by atoms with E-state index >= 15 is 0 Å². The second kappa shape index (κ2) is 10.8. The topological polar surface area (TPSA) is 49.3 Å². The number of guanidine groups is 1. The highest BCUT2D eigenvalue weighted by Crippen LogP contribution is 2.20. The minimum Gasteiger partial charge on any atom is -0.497 e. The molecule has 2 aliphatic heterocycles. The van der Waals surface area contributed by atoms with Crippen molar-refractivity contribution in [2.24, 2.45) is 4.99 Å². The van der Waals surface area contributed by atoms with E-state index in [9.17, 15) is 0 Å².